The third-order valence-corrected chi connectivity index (χ3v) is 4.95. The van der Waals surface area contributed by atoms with Crippen molar-refractivity contribution in [3.05, 3.63) is 35.4 Å². The van der Waals surface area contributed by atoms with E-state index in [-0.39, 0.29) is 43.0 Å². The van der Waals surface area contributed by atoms with Gasteiger partial charge in [0.1, 0.15) is 0 Å². The normalized spacial score (nSPS) is 22.4. The molecular weight excluding hydrogens is 340 g/mol. The highest BCUT2D eigenvalue weighted by molar-refractivity contribution is 5.85. The number of urea groups is 1. The van der Waals surface area contributed by atoms with Gasteiger partial charge in [0.05, 0.1) is 6.54 Å². The summed E-state index contributed by atoms with van der Waals surface area (Å²) in [6, 6.07) is 8.45. The summed E-state index contributed by atoms with van der Waals surface area (Å²) in [6.07, 6.45) is 4.60. The number of rotatable bonds is 3. The van der Waals surface area contributed by atoms with Gasteiger partial charge >= 0.3 is 6.03 Å². The van der Waals surface area contributed by atoms with Gasteiger partial charge in [0.25, 0.3) is 0 Å². The van der Waals surface area contributed by atoms with Crippen molar-refractivity contribution < 1.29 is 9.59 Å². The number of halogens is 1. The molecule has 1 aliphatic heterocycles. The molecule has 0 bridgehead atoms. The van der Waals surface area contributed by atoms with Crippen molar-refractivity contribution >= 4 is 24.3 Å². The molecule has 3 rings (SSSR count). The smallest absolute Gasteiger partial charge is 0.318 e. The average molecular weight is 367 g/mol. The van der Waals surface area contributed by atoms with Crippen LogP contribution >= 0.6 is 12.4 Å². The lowest BCUT2D eigenvalue weighted by atomic mass is 9.92. The lowest BCUT2D eigenvalue weighted by Crippen LogP contribution is -2.48. The predicted molar refractivity (Wildman–Crippen MR) is 99.6 cm³/mol. The molecule has 2 aliphatic rings. The highest BCUT2D eigenvalue weighted by Gasteiger charge is 2.22. The molecular formula is C18H27ClN4O2. The monoisotopic (exact) mass is 366 g/mol. The van der Waals surface area contributed by atoms with Gasteiger partial charge in [0.2, 0.25) is 5.91 Å². The van der Waals surface area contributed by atoms with E-state index in [9.17, 15) is 9.59 Å². The summed E-state index contributed by atoms with van der Waals surface area (Å²) < 4.78 is 0. The summed E-state index contributed by atoms with van der Waals surface area (Å²) in [5, 5.41) is 5.72. The highest BCUT2D eigenvalue weighted by atomic mass is 35.5. The molecule has 0 unspecified atom stereocenters. The average Bonchev–Trinajstić information content (AvgIpc) is 2.61. The third kappa shape index (κ3) is 5.34. The molecule has 0 atom stereocenters. The van der Waals surface area contributed by atoms with E-state index in [1.807, 2.05) is 12.1 Å². The van der Waals surface area contributed by atoms with Crippen LogP contribution in [0.4, 0.5) is 4.79 Å². The van der Waals surface area contributed by atoms with Crippen LogP contribution in [0, 0.1) is 0 Å². The molecule has 1 aromatic carbocycles. The number of carbonyl (C=O) groups excluding carboxylic acids is 2. The SMILES string of the molecule is Cl.NC1CCC(NC(=O)CNC(=O)N2CCc3ccccc3C2)CC1. The van der Waals surface area contributed by atoms with Crippen molar-refractivity contribution in [2.75, 3.05) is 13.1 Å². The first kappa shape index (κ1) is 19.5. The summed E-state index contributed by atoms with van der Waals surface area (Å²) in [5.74, 6) is -0.124. The fourth-order valence-corrected chi connectivity index (χ4v) is 3.48. The van der Waals surface area contributed by atoms with Gasteiger partial charge in [-0.3, -0.25) is 4.79 Å². The van der Waals surface area contributed by atoms with Crippen molar-refractivity contribution in [3.63, 3.8) is 0 Å². The summed E-state index contributed by atoms with van der Waals surface area (Å²) in [7, 11) is 0. The number of carbonyl (C=O) groups is 2. The van der Waals surface area contributed by atoms with E-state index >= 15 is 0 Å². The van der Waals surface area contributed by atoms with Crippen LogP contribution in [0.5, 0.6) is 0 Å². The summed E-state index contributed by atoms with van der Waals surface area (Å²) in [6.45, 7) is 1.31. The molecule has 6 nitrogen and oxygen atoms in total. The van der Waals surface area contributed by atoms with Crippen LogP contribution in [0.3, 0.4) is 0 Å². The van der Waals surface area contributed by atoms with Gasteiger partial charge in [-0.2, -0.15) is 0 Å². The van der Waals surface area contributed by atoms with Gasteiger partial charge in [0, 0.05) is 25.2 Å². The maximum Gasteiger partial charge on any atom is 0.318 e. The Hall–Kier alpha value is -1.79. The topological polar surface area (TPSA) is 87.5 Å². The Morgan fingerprint density at radius 1 is 1.12 bits per heavy atom. The number of benzene rings is 1. The second-order valence-electron chi connectivity index (χ2n) is 6.78. The van der Waals surface area contributed by atoms with Gasteiger partial charge in [-0.25, -0.2) is 4.79 Å². The maximum atomic E-state index is 12.3. The minimum atomic E-state index is -0.176. The van der Waals surface area contributed by atoms with Gasteiger partial charge in [0.15, 0.2) is 0 Å². The van der Waals surface area contributed by atoms with Crippen molar-refractivity contribution in [1.29, 1.82) is 0 Å². The van der Waals surface area contributed by atoms with Crippen molar-refractivity contribution in [3.8, 4) is 0 Å². The first-order valence-electron chi connectivity index (χ1n) is 8.76. The number of nitrogens with one attached hydrogen (secondary N) is 2. The number of amides is 3. The molecule has 0 spiro atoms. The van der Waals surface area contributed by atoms with Crippen LogP contribution in [0.2, 0.25) is 0 Å². The molecule has 1 saturated carbocycles. The van der Waals surface area contributed by atoms with E-state index in [0.717, 1.165) is 32.1 Å². The Kier molecular flexibility index (Phi) is 7.08. The van der Waals surface area contributed by atoms with Crippen LogP contribution in [-0.2, 0) is 17.8 Å². The molecule has 0 aromatic heterocycles. The van der Waals surface area contributed by atoms with E-state index in [4.69, 9.17) is 5.73 Å². The molecule has 0 saturated heterocycles. The summed E-state index contributed by atoms with van der Waals surface area (Å²) in [4.78, 5) is 26.0. The predicted octanol–water partition coefficient (Wildman–Crippen LogP) is 1.56. The van der Waals surface area contributed by atoms with Crippen LogP contribution < -0.4 is 16.4 Å². The summed E-state index contributed by atoms with van der Waals surface area (Å²) >= 11 is 0. The lowest BCUT2D eigenvalue weighted by Gasteiger charge is -2.29. The minimum Gasteiger partial charge on any atom is -0.352 e. The van der Waals surface area contributed by atoms with E-state index in [2.05, 4.69) is 22.8 Å². The molecule has 1 aliphatic carbocycles. The molecule has 4 N–H and O–H groups in total. The van der Waals surface area contributed by atoms with Crippen LogP contribution in [0.15, 0.2) is 24.3 Å². The number of nitrogens with zero attached hydrogens (tertiary/aromatic N) is 1. The second-order valence-corrected chi connectivity index (χ2v) is 6.78. The van der Waals surface area contributed by atoms with E-state index in [1.165, 1.54) is 11.1 Å². The zero-order valence-corrected chi connectivity index (χ0v) is 15.2. The Balaban J connectivity index is 0.00000225. The van der Waals surface area contributed by atoms with E-state index < -0.39 is 0 Å². The van der Waals surface area contributed by atoms with Gasteiger partial charge in [-0.1, -0.05) is 24.3 Å². The van der Waals surface area contributed by atoms with Gasteiger partial charge in [-0.15, -0.1) is 12.4 Å². The molecule has 1 heterocycles. The first-order chi connectivity index (χ1) is 11.6. The van der Waals surface area contributed by atoms with Crippen LogP contribution in [0.25, 0.3) is 0 Å². The Bertz CT molecular complexity index is 602. The Labute approximate surface area is 154 Å². The minimum absolute atomic E-state index is 0. The van der Waals surface area contributed by atoms with Gasteiger partial charge in [-0.05, 0) is 43.2 Å². The van der Waals surface area contributed by atoms with Crippen molar-refractivity contribution in [1.82, 2.24) is 15.5 Å². The molecule has 138 valence electrons. The molecule has 25 heavy (non-hydrogen) atoms. The third-order valence-electron chi connectivity index (χ3n) is 4.95. The molecule has 0 radical (unpaired) electrons. The van der Waals surface area contributed by atoms with Gasteiger partial charge < -0.3 is 21.3 Å². The summed E-state index contributed by atoms with van der Waals surface area (Å²) in [5.41, 5.74) is 8.35. The number of hydrogen-bond donors (Lipinski definition) is 3. The number of fused-ring (bicyclic) bond motifs is 1. The molecule has 1 aromatic rings. The molecule has 7 heteroatoms. The largest absolute Gasteiger partial charge is 0.352 e. The van der Waals surface area contributed by atoms with Crippen molar-refractivity contribution in [2.45, 2.75) is 50.7 Å². The molecule has 1 fully saturated rings. The fraction of sp³-hybridized carbons (Fsp3) is 0.556. The second kappa shape index (κ2) is 9.06. The maximum absolute atomic E-state index is 12.3. The highest BCUT2D eigenvalue weighted by Crippen LogP contribution is 2.18. The van der Waals surface area contributed by atoms with E-state index in [0.29, 0.717) is 13.1 Å². The number of nitrogens with two attached hydrogens (primary N) is 1. The Morgan fingerprint density at radius 2 is 1.80 bits per heavy atom. The number of hydrogen-bond acceptors (Lipinski definition) is 3. The zero-order valence-electron chi connectivity index (χ0n) is 14.4. The van der Waals surface area contributed by atoms with Crippen molar-refractivity contribution in [2.24, 2.45) is 5.73 Å². The quantitative estimate of drug-likeness (QED) is 0.758. The van der Waals surface area contributed by atoms with Crippen LogP contribution in [0.1, 0.15) is 36.8 Å². The standard InChI is InChI=1S/C18H26N4O2.ClH/c19-15-5-7-16(8-6-15)21-17(23)11-20-18(24)22-10-9-13-3-1-2-4-14(13)12-22;/h1-4,15-16H,5-12,19H2,(H,20,24)(H,21,23);1H. The van der Waals surface area contributed by atoms with E-state index in [1.54, 1.807) is 4.90 Å². The zero-order chi connectivity index (χ0) is 16.9. The Morgan fingerprint density at radius 3 is 2.52 bits per heavy atom. The lowest BCUT2D eigenvalue weighted by molar-refractivity contribution is -0.121. The van der Waals surface area contributed by atoms with Crippen LogP contribution in [-0.4, -0.2) is 42.0 Å². The first-order valence-corrected chi connectivity index (χ1v) is 8.76. The fourth-order valence-electron chi connectivity index (χ4n) is 3.48. The molecule has 3 amide bonds.